The van der Waals surface area contributed by atoms with Crippen LogP contribution in [-0.2, 0) is 6.42 Å². The van der Waals surface area contributed by atoms with E-state index < -0.39 is 0 Å². The van der Waals surface area contributed by atoms with E-state index in [9.17, 15) is 0 Å². The molecule has 0 spiro atoms. The quantitative estimate of drug-likeness (QED) is 0.715. The molecule has 1 aromatic carbocycles. The van der Waals surface area contributed by atoms with Gasteiger partial charge in [0.1, 0.15) is 0 Å². The molecular formula is C10H11N5. The lowest BCUT2D eigenvalue weighted by Crippen LogP contribution is -2.04. The number of aromatic nitrogens is 4. The Morgan fingerprint density at radius 1 is 1.40 bits per heavy atom. The Labute approximate surface area is 86.7 Å². The summed E-state index contributed by atoms with van der Waals surface area (Å²) >= 11 is 0. The highest BCUT2D eigenvalue weighted by Crippen LogP contribution is 2.31. The van der Waals surface area contributed by atoms with Gasteiger partial charge < -0.3 is 5.73 Å². The Bertz CT molecular complexity index is 477. The van der Waals surface area contributed by atoms with Crippen LogP contribution in [0.1, 0.15) is 23.6 Å². The van der Waals surface area contributed by atoms with Crippen molar-refractivity contribution in [2.24, 2.45) is 5.73 Å². The minimum absolute atomic E-state index is 0.194. The van der Waals surface area contributed by atoms with Crippen molar-refractivity contribution in [2.75, 3.05) is 0 Å². The molecule has 1 atom stereocenters. The molecule has 0 saturated heterocycles. The molecule has 5 nitrogen and oxygen atoms in total. The third-order valence-electron chi connectivity index (χ3n) is 2.87. The zero-order chi connectivity index (χ0) is 10.3. The van der Waals surface area contributed by atoms with Crippen LogP contribution in [0.2, 0.25) is 0 Å². The Morgan fingerprint density at radius 2 is 2.33 bits per heavy atom. The van der Waals surface area contributed by atoms with Crippen LogP contribution in [0.3, 0.4) is 0 Å². The van der Waals surface area contributed by atoms with Crippen LogP contribution in [0.4, 0.5) is 0 Å². The summed E-state index contributed by atoms with van der Waals surface area (Å²) in [7, 11) is 0. The van der Waals surface area contributed by atoms with Gasteiger partial charge in [0.25, 0.3) is 0 Å². The fourth-order valence-corrected chi connectivity index (χ4v) is 2.07. The molecule has 2 aromatic rings. The topological polar surface area (TPSA) is 80.5 Å². The number of rotatable bonds is 1. The predicted octanol–water partition coefficient (Wildman–Crippen LogP) is 0.813. The highest BCUT2D eigenvalue weighted by Gasteiger charge is 2.19. The summed E-state index contributed by atoms with van der Waals surface area (Å²) in [5, 5.41) is 13.9. The normalized spacial score (nSPS) is 19.1. The Balaban J connectivity index is 2.07. The van der Waals surface area contributed by atoms with Gasteiger partial charge in [-0.25, -0.2) is 0 Å². The first-order chi connectivity index (χ1) is 7.34. The average Bonchev–Trinajstić information content (AvgIpc) is 2.88. The van der Waals surface area contributed by atoms with Gasteiger partial charge in [0.15, 0.2) is 0 Å². The molecule has 0 fully saturated rings. The maximum Gasteiger partial charge on any atom is 0.204 e. The van der Waals surface area contributed by atoms with Crippen molar-refractivity contribution in [2.45, 2.75) is 18.9 Å². The minimum Gasteiger partial charge on any atom is -0.324 e. The number of benzene rings is 1. The van der Waals surface area contributed by atoms with Gasteiger partial charge in [-0.15, -0.1) is 10.2 Å². The van der Waals surface area contributed by atoms with Gasteiger partial charge in [0.2, 0.25) is 5.82 Å². The average molecular weight is 201 g/mol. The largest absolute Gasteiger partial charge is 0.324 e. The second-order valence-corrected chi connectivity index (χ2v) is 3.79. The number of aromatic amines is 1. The standard InChI is InChI=1S/C10H11N5/c11-9-4-2-6-5-7(1-3-8(6)9)10-12-14-15-13-10/h1,3,5,9H,2,4,11H2,(H,12,13,14,15)/t9-/m1/s1. The monoisotopic (exact) mass is 201 g/mol. The highest BCUT2D eigenvalue weighted by molar-refractivity contribution is 5.57. The number of nitrogens with zero attached hydrogens (tertiary/aromatic N) is 3. The smallest absolute Gasteiger partial charge is 0.204 e. The second-order valence-electron chi connectivity index (χ2n) is 3.79. The van der Waals surface area contributed by atoms with E-state index in [0.29, 0.717) is 5.82 Å². The maximum absolute atomic E-state index is 5.97. The van der Waals surface area contributed by atoms with E-state index >= 15 is 0 Å². The zero-order valence-corrected chi connectivity index (χ0v) is 8.14. The molecule has 1 aliphatic carbocycles. The number of tetrazole rings is 1. The lowest BCUT2D eigenvalue weighted by Gasteiger charge is -2.04. The Kier molecular flexibility index (Phi) is 1.78. The minimum atomic E-state index is 0.194. The highest BCUT2D eigenvalue weighted by atomic mass is 15.5. The van der Waals surface area contributed by atoms with Crippen LogP contribution in [0.25, 0.3) is 11.4 Å². The first-order valence-corrected chi connectivity index (χ1v) is 4.97. The summed E-state index contributed by atoms with van der Waals surface area (Å²) in [6.45, 7) is 0. The number of fused-ring (bicyclic) bond motifs is 1. The number of H-pyrrole nitrogens is 1. The van der Waals surface area contributed by atoms with Gasteiger partial charge in [-0.2, -0.15) is 5.21 Å². The molecule has 3 N–H and O–H groups in total. The van der Waals surface area contributed by atoms with E-state index in [2.05, 4.69) is 32.8 Å². The molecule has 3 rings (SSSR count). The van der Waals surface area contributed by atoms with Gasteiger partial charge in [-0.3, -0.25) is 0 Å². The first kappa shape index (κ1) is 8.55. The molecule has 1 aliphatic rings. The summed E-state index contributed by atoms with van der Waals surface area (Å²) in [6.07, 6.45) is 2.08. The summed E-state index contributed by atoms with van der Waals surface area (Å²) in [5.41, 5.74) is 9.52. The number of aryl methyl sites for hydroxylation is 1. The molecule has 1 aromatic heterocycles. The summed E-state index contributed by atoms with van der Waals surface area (Å²) in [5.74, 6) is 0.637. The third kappa shape index (κ3) is 1.32. The fourth-order valence-electron chi connectivity index (χ4n) is 2.07. The van der Waals surface area contributed by atoms with Crippen molar-refractivity contribution in [3.63, 3.8) is 0 Å². The molecule has 0 aliphatic heterocycles. The van der Waals surface area contributed by atoms with Crippen molar-refractivity contribution in [3.05, 3.63) is 29.3 Å². The molecular weight excluding hydrogens is 190 g/mol. The SMILES string of the molecule is N[C@@H]1CCc2cc(-c3nn[nH]n3)ccc21. The van der Waals surface area contributed by atoms with Gasteiger partial charge in [-0.05, 0) is 35.2 Å². The van der Waals surface area contributed by atoms with E-state index in [1.165, 1.54) is 11.1 Å². The second kappa shape index (κ2) is 3.13. The molecule has 0 unspecified atom stereocenters. The fraction of sp³-hybridized carbons (Fsp3) is 0.300. The molecule has 5 heteroatoms. The first-order valence-electron chi connectivity index (χ1n) is 4.97. The van der Waals surface area contributed by atoms with E-state index in [-0.39, 0.29) is 6.04 Å². The maximum atomic E-state index is 5.97. The van der Waals surface area contributed by atoms with Crippen molar-refractivity contribution in [3.8, 4) is 11.4 Å². The van der Waals surface area contributed by atoms with Gasteiger partial charge in [0.05, 0.1) is 0 Å². The van der Waals surface area contributed by atoms with Crippen LogP contribution in [0.5, 0.6) is 0 Å². The lowest BCUT2D eigenvalue weighted by molar-refractivity contribution is 0.713. The van der Waals surface area contributed by atoms with Crippen LogP contribution in [0, 0.1) is 0 Å². The molecule has 0 saturated carbocycles. The van der Waals surface area contributed by atoms with Crippen LogP contribution < -0.4 is 5.73 Å². The molecule has 0 radical (unpaired) electrons. The van der Waals surface area contributed by atoms with Gasteiger partial charge >= 0.3 is 0 Å². The summed E-state index contributed by atoms with van der Waals surface area (Å²) < 4.78 is 0. The number of hydrogen-bond acceptors (Lipinski definition) is 4. The van der Waals surface area contributed by atoms with Crippen LogP contribution >= 0.6 is 0 Å². The van der Waals surface area contributed by atoms with E-state index in [4.69, 9.17) is 5.73 Å². The number of hydrogen-bond donors (Lipinski definition) is 2. The van der Waals surface area contributed by atoms with Crippen LogP contribution in [-0.4, -0.2) is 20.6 Å². The predicted molar refractivity (Wildman–Crippen MR) is 54.9 cm³/mol. The summed E-state index contributed by atoms with van der Waals surface area (Å²) in [4.78, 5) is 0. The Hall–Kier alpha value is -1.75. The number of nitrogens with two attached hydrogens (primary N) is 1. The van der Waals surface area contributed by atoms with E-state index in [0.717, 1.165) is 18.4 Å². The number of nitrogens with one attached hydrogen (secondary N) is 1. The van der Waals surface area contributed by atoms with Crippen molar-refractivity contribution >= 4 is 0 Å². The lowest BCUT2D eigenvalue weighted by atomic mass is 10.0. The Morgan fingerprint density at radius 3 is 3.13 bits per heavy atom. The van der Waals surface area contributed by atoms with Gasteiger partial charge in [-0.1, -0.05) is 12.1 Å². The van der Waals surface area contributed by atoms with E-state index in [1.807, 2.05) is 6.07 Å². The van der Waals surface area contributed by atoms with Crippen LogP contribution in [0.15, 0.2) is 18.2 Å². The molecule has 76 valence electrons. The van der Waals surface area contributed by atoms with Crippen molar-refractivity contribution < 1.29 is 0 Å². The molecule has 0 bridgehead atoms. The molecule has 1 heterocycles. The van der Waals surface area contributed by atoms with Gasteiger partial charge in [0, 0.05) is 11.6 Å². The summed E-state index contributed by atoms with van der Waals surface area (Å²) in [6, 6.07) is 6.36. The molecule has 15 heavy (non-hydrogen) atoms. The van der Waals surface area contributed by atoms with Crippen molar-refractivity contribution in [1.29, 1.82) is 0 Å². The third-order valence-corrected chi connectivity index (χ3v) is 2.87. The van der Waals surface area contributed by atoms with Crippen molar-refractivity contribution in [1.82, 2.24) is 20.6 Å². The zero-order valence-electron chi connectivity index (χ0n) is 8.14. The van der Waals surface area contributed by atoms with E-state index in [1.54, 1.807) is 0 Å². The molecule has 0 amide bonds.